The molecule has 1 unspecified atom stereocenters. The van der Waals surface area contributed by atoms with E-state index in [0.29, 0.717) is 17.1 Å². The molecule has 0 radical (unpaired) electrons. The molecule has 1 atom stereocenters. The maximum Gasteiger partial charge on any atom is 0.254 e. The predicted octanol–water partition coefficient (Wildman–Crippen LogP) is 1.47. The van der Waals surface area contributed by atoms with Gasteiger partial charge in [0.25, 0.3) is 5.91 Å². The van der Waals surface area contributed by atoms with E-state index in [4.69, 9.17) is 0 Å². The SMILES string of the molecule is Cc1ccnc(NC(=O)CC2NC(=O)c3ccccc3NC2=O)c1. The minimum absolute atomic E-state index is 0.179. The summed E-state index contributed by atoms with van der Waals surface area (Å²) >= 11 is 0. The van der Waals surface area contributed by atoms with Crippen LogP contribution in [0.1, 0.15) is 22.3 Å². The number of anilines is 2. The number of aromatic nitrogens is 1. The van der Waals surface area contributed by atoms with Crippen LogP contribution in [0.25, 0.3) is 0 Å². The summed E-state index contributed by atoms with van der Waals surface area (Å²) in [4.78, 5) is 40.6. The summed E-state index contributed by atoms with van der Waals surface area (Å²) in [6.45, 7) is 1.88. The molecule has 7 heteroatoms. The molecule has 0 saturated heterocycles. The van der Waals surface area contributed by atoms with Crippen molar-refractivity contribution in [2.45, 2.75) is 19.4 Å². The first-order valence-electron chi connectivity index (χ1n) is 7.46. The van der Waals surface area contributed by atoms with Gasteiger partial charge in [-0.1, -0.05) is 12.1 Å². The molecule has 3 rings (SSSR count). The lowest BCUT2D eigenvalue weighted by Crippen LogP contribution is -2.43. The number of fused-ring (bicyclic) bond motifs is 1. The normalized spacial score (nSPS) is 16.5. The highest BCUT2D eigenvalue weighted by Gasteiger charge is 2.29. The molecular formula is C17H16N4O3. The van der Waals surface area contributed by atoms with Gasteiger partial charge in [0.15, 0.2) is 0 Å². The van der Waals surface area contributed by atoms with Gasteiger partial charge in [0, 0.05) is 6.20 Å². The van der Waals surface area contributed by atoms with Crippen LogP contribution >= 0.6 is 0 Å². The number of pyridine rings is 1. The molecule has 0 bridgehead atoms. The van der Waals surface area contributed by atoms with E-state index in [2.05, 4.69) is 20.9 Å². The third-order valence-corrected chi connectivity index (χ3v) is 3.62. The predicted molar refractivity (Wildman–Crippen MR) is 88.5 cm³/mol. The lowest BCUT2D eigenvalue weighted by Gasteiger charge is -2.14. The fourth-order valence-electron chi connectivity index (χ4n) is 2.44. The van der Waals surface area contributed by atoms with Crippen molar-refractivity contribution in [3.8, 4) is 0 Å². The van der Waals surface area contributed by atoms with Crippen molar-refractivity contribution < 1.29 is 14.4 Å². The number of carbonyl (C=O) groups is 3. The fourth-order valence-corrected chi connectivity index (χ4v) is 2.44. The number of hydrogen-bond acceptors (Lipinski definition) is 4. The maximum atomic E-state index is 12.2. The molecule has 1 aromatic heterocycles. The molecule has 0 fully saturated rings. The molecule has 1 aliphatic rings. The number of amides is 3. The topological polar surface area (TPSA) is 100 Å². The Morgan fingerprint density at radius 1 is 1.25 bits per heavy atom. The molecule has 2 aromatic rings. The highest BCUT2D eigenvalue weighted by atomic mass is 16.2. The van der Waals surface area contributed by atoms with Crippen molar-refractivity contribution in [3.05, 3.63) is 53.7 Å². The Bertz CT molecular complexity index is 819. The summed E-state index contributed by atoms with van der Waals surface area (Å²) in [7, 11) is 0. The quantitative estimate of drug-likeness (QED) is 0.796. The number of aryl methyl sites for hydroxylation is 1. The van der Waals surface area contributed by atoms with Gasteiger partial charge in [-0.05, 0) is 36.8 Å². The number of benzene rings is 1. The molecule has 24 heavy (non-hydrogen) atoms. The Morgan fingerprint density at radius 2 is 2.04 bits per heavy atom. The van der Waals surface area contributed by atoms with E-state index >= 15 is 0 Å². The maximum absolute atomic E-state index is 12.2. The van der Waals surface area contributed by atoms with E-state index in [1.807, 2.05) is 13.0 Å². The monoisotopic (exact) mass is 324 g/mol. The third-order valence-electron chi connectivity index (χ3n) is 3.62. The Hall–Kier alpha value is -3.22. The van der Waals surface area contributed by atoms with Crippen LogP contribution < -0.4 is 16.0 Å². The molecule has 3 N–H and O–H groups in total. The average molecular weight is 324 g/mol. The van der Waals surface area contributed by atoms with Crippen LogP contribution in [-0.4, -0.2) is 28.7 Å². The standard InChI is InChI=1S/C17H16N4O3/c1-10-6-7-18-14(8-10)21-15(22)9-13-17(24)19-12-5-3-2-4-11(12)16(23)20-13/h2-8,13H,9H2,1H3,(H,19,24)(H,20,23)(H,18,21,22). The van der Waals surface area contributed by atoms with E-state index in [1.54, 1.807) is 36.5 Å². The number of nitrogens with zero attached hydrogens (tertiary/aromatic N) is 1. The van der Waals surface area contributed by atoms with Gasteiger partial charge in [0.2, 0.25) is 11.8 Å². The summed E-state index contributed by atoms with van der Waals surface area (Å²) in [5, 5.41) is 7.87. The van der Waals surface area contributed by atoms with Crippen LogP contribution in [0.5, 0.6) is 0 Å². The van der Waals surface area contributed by atoms with Gasteiger partial charge in [-0.2, -0.15) is 0 Å². The van der Waals surface area contributed by atoms with Crippen molar-refractivity contribution in [2.24, 2.45) is 0 Å². The summed E-state index contributed by atoms with van der Waals surface area (Å²) in [5.74, 6) is -0.820. The summed E-state index contributed by atoms with van der Waals surface area (Å²) < 4.78 is 0. The zero-order chi connectivity index (χ0) is 17.1. The second kappa shape index (κ2) is 6.49. The van der Waals surface area contributed by atoms with E-state index < -0.39 is 23.8 Å². The Morgan fingerprint density at radius 3 is 2.83 bits per heavy atom. The van der Waals surface area contributed by atoms with Gasteiger partial charge in [0.05, 0.1) is 17.7 Å². The number of nitrogens with one attached hydrogen (secondary N) is 3. The van der Waals surface area contributed by atoms with Crippen LogP contribution in [0, 0.1) is 6.92 Å². The second-order valence-corrected chi connectivity index (χ2v) is 5.53. The number of carbonyl (C=O) groups excluding carboxylic acids is 3. The fraction of sp³-hybridized carbons (Fsp3) is 0.176. The molecule has 122 valence electrons. The van der Waals surface area contributed by atoms with E-state index in [-0.39, 0.29) is 6.42 Å². The first-order chi connectivity index (χ1) is 11.5. The Kier molecular flexibility index (Phi) is 4.24. The highest BCUT2D eigenvalue weighted by molar-refractivity contribution is 6.11. The lowest BCUT2D eigenvalue weighted by atomic mass is 10.1. The minimum atomic E-state index is -0.949. The van der Waals surface area contributed by atoms with Crippen molar-refractivity contribution in [2.75, 3.05) is 10.6 Å². The molecule has 3 amide bonds. The van der Waals surface area contributed by atoms with Gasteiger partial charge < -0.3 is 16.0 Å². The molecular weight excluding hydrogens is 308 g/mol. The van der Waals surface area contributed by atoms with Gasteiger partial charge >= 0.3 is 0 Å². The van der Waals surface area contributed by atoms with Crippen LogP contribution in [-0.2, 0) is 9.59 Å². The van der Waals surface area contributed by atoms with Crippen LogP contribution in [0.3, 0.4) is 0 Å². The molecule has 0 aliphatic carbocycles. The molecule has 0 saturated carbocycles. The largest absolute Gasteiger partial charge is 0.340 e. The van der Waals surface area contributed by atoms with Gasteiger partial charge in [-0.3, -0.25) is 14.4 Å². The summed E-state index contributed by atoms with van der Waals surface area (Å²) in [6.07, 6.45) is 1.41. The van der Waals surface area contributed by atoms with E-state index in [1.165, 1.54) is 0 Å². The lowest BCUT2D eigenvalue weighted by molar-refractivity contribution is -0.122. The number of rotatable bonds is 3. The Balaban J connectivity index is 1.70. The van der Waals surface area contributed by atoms with Crippen LogP contribution in [0.2, 0.25) is 0 Å². The van der Waals surface area contributed by atoms with Crippen LogP contribution in [0.4, 0.5) is 11.5 Å². The van der Waals surface area contributed by atoms with E-state index in [9.17, 15) is 14.4 Å². The van der Waals surface area contributed by atoms with Crippen LogP contribution in [0.15, 0.2) is 42.6 Å². The van der Waals surface area contributed by atoms with Gasteiger partial charge in [-0.15, -0.1) is 0 Å². The number of hydrogen-bond donors (Lipinski definition) is 3. The van der Waals surface area contributed by atoms with E-state index in [0.717, 1.165) is 5.56 Å². The first kappa shape index (κ1) is 15.7. The molecule has 1 aromatic carbocycles. The smallest absolute Gasteiger partial charge is 0.254 e. The van der Waals surface area contributed by atoms with Crippen molar-refractivity contribution in [3.63, 3.8) is 0 Å². The molecule has 1 aliphatic heterocycles. The molecule has 7 nitrogen and oxygen atoms in total. The molecule has 0 spiro atoms. The zero-order valence-corrected chi connectivity index (χ0v) is 13.0. The van der Waals surface area contributed by atoms with Crippen molar-refractivity contribution in [1.82, 2.24) is 10.3 Å². The summed E-state index contributed by atoms with van der Waals surface area (Å²) in [6, 6.07) is 9.28. The van der Waals surface area contributed by atoms with Crippen molar-refractivity contribution in [1.29, 1.82) is 0 Å². The second-order valence-electron chi connectivity index (χ2n) is 5.53. The zero-order valence-electron chi connectivity index (χ0n) is 13.0. The average Bonchev–Trinajstić information content (AvgIpc) is 2.65. The van der Waals surface area contributed by atoms with Gasteiger partial charge in [0.1, 0.15) is 11.9 Å². The van der Waals surface area contributed by atoms with Gasteiger partial charge in [-0.25, -0.2) is 4.98 Å². The third kappa shape index (κ3) is 3.40. The molecule has 2 heterocycles. The minimum Gasteiger partial charge on any atom is -0.340 e. The van der Waals surface area contributed by atoms with Crippen molar-refractivity contribution >= 4 is 29.2 Å². The Labute approximate surface area is 138 Å². The number of para-hydroxylation sites is 1. The first-order valence-corrected chi connectivity index (χ1v) is 7.46. The highest BCUT2D eigenvalue weighted by Crippen LogP contribution is 2.19. The summed E-state index contributed by atoms with van der Waals surface area (Å²) in [5.41, 5.74) is 1.76.